The molecule has 2 rings (SSSR count). The molecule has 2 heterocycles. The highest BCUT2D eigenvalue weighted by molar-refractivity contribution is 7.99. The summed E-state index contributed by atoms with van der Waals surface area (Å²) in [7, 11) is 0. The SMILES string of the molecule is CCCNc1nc(SCCC)c2ccsc2n1. The van der Waals surface area contributed by atoms with Crippen molar-refractivity contribution in [2.45, 2.75) is 31.7 Å². The molecule has 0 bridgehead atoms. The van der Waals surface area contributed by atoms with Crippen molar-refractivity contribution in [2.75, 3.05) is 17.6 Å². The zero-order chi connectivity index (χ0) is 12.1. The number of nitrogens with one attached hydrogen (secondary N) is 1. The molecule has 0 aromatic carbocycles. The summed E-state index contributed by atoms with van der Waals surface area (Å²) < 4.78 is 0. The van der Waals surface area contributed by atoms with Crippen molar-refractivity contribution < 1.29 is 0 Å². The second-order valence-electron chi connectivity index (χ2n) is 3.77. The highest BCUT2D eigenvalue weighted by Crippen LogP contribution is 2.29. The van der Waals surface area contributed by atoms with Gasteiger partial charge in [-0.1, -0.05) is 13.8 Å². The number of fused-ring (bicyclic) bond motifs is 1. The molecule has 0 unspecified atom stereocenters. The Balaban J connectivity index is 2.29. The van der Waals surface area contributed by atoms with E-state index < -0.39 is 0 Å². The molecule has 0 saturated carbocycles. The third-order valence-electron chi connectivity index (χ3n) is 2.27. The van der Waals surface area contributed by atoms with Gasteiger partial charge in [0.2, 0.25) is 5.95 Å². The van der Waals surface area contributed by atoms with Crippen molar-refractivity contribution in [1.82, 2.24) is 9.97 Å². The van der Waals surface area contributed by atoms with Gasteiger partial charge in [0.05, 0.1) is 0 Å². The van der Waals surface area contributed by atoms with Crippen LogP contribution >= 0.6 is 23.1 Å². The van der Waals surface area contributed by atoms with Gasteiger partial charge < -0.3 is 5.32 Å². The minimum absolute atomic E-state index is 0.764. The molecule has 92 valence electrons. The second kappa shape index (κ2) is 6.21. The standard InChI is InChI=1S/C12H17N3S2/c1-3-6-13-12-14-10(16-7-4-2)9-5-8-17-11(9)15-12/h5,8H,3-4,6-7H2,1-2H3,(H,13,14,15). The van der Waals surface area contributed by atoms with E-state index in [2.05, 4.69) is 40.6 Å². The largest absolute Gasteiger partial charge is 0.354 e. The maximum absolute atomic E-state index is 4.60. The number of thioether (sulfide) groups is 1. The maximum Gasteiger partial charge on any atom is 0.225 e. The Bertz CT molecular complexity index is 482. The first-order valence-corrected chi connectivity index (χ1v) is 7.83. The quantitative estimate of drug-likeness (QED) is 0.634. The van der Waals surface area contributed by atoms with Crippen molar-refractivity contribution in [2.24, 2.45) is 0 Å². The van der Waals surface area contributed by atoms with Gasteiger partial charge in [0.25, 0.3) is 0 Å². The highest BCUT2D eigenvalue weighted by atomic mass is 32.2. The Kier molecular flexibility index (Phi) is 4.62. The molecule has 2 aromatic rings. The van der Waals surface area contributed by atoms with Gasteiger partial charge in [-0.2, -0.15) is 0 Å². The summed E-state index contributed by atoms with van der Waals surface area (Å²) >= 11 is 3.50. The molecule has 0 aliphatic rings. The number of hydrogen-bond acceptors (Lipinski definition) is 5. The van der Waals surface area contributed by atoms with Crippen LogP contribution in [0.3, 0.4) is 0 Å². The Hall–Kier alpha value is -0.810. The van der Waals surface area contributed by atoms with Gasteiger partial charge in [-0.15, -0.1) is 23.1 Å². The molecule has 0 atom stereocenters. The van der Waals surface area contributed by atoms with E-state index in [0.717, 1.165) is 40.9 Å². The second-order valence-corrected chi connectivity index (χ2v) is 5.75. The predicted molar refractivity (Wildman–Crippen MR) is 77.2 cm³/mol. The first-order chi connectivity index (χ1) is 8.35. The van der Waals surface area contributed by atoms with Crippen molar-refractivity contribution in [3.8, 4) is 0 Å². The van der Waals surface area contributed by atoms with E-state index in [-0.39, 0.29) is 0 Å². The van der Waals surface area contributed by atoms with E-state index in [4.69, 9.17) is 0 Å². The minimum atomic E-state index is 0.764. The lowest BCUT2D eigenvalue weighted by molar-refractivity contribution is 0.946. The fourth-order valence-corrected chi connectivity index (χ4v) is 3.15. The number of aromatic nitrogens is 2. The molecule has 0 aliphatic heterocycles. The summed E-state index contributed by atoms with van der Waals surface area (Å²) in [5.74, 6) is 1.87. The molecule has 2 aromatic heterocycles. The van der Waals surface area contributed by atoms with Gasteiger partial charge >= 0.3 is 0 Å². The topological polar surface area (TPSA) is 37.8 Å². The Labute approximate surface area is 110 Å². The Morgan fingerprint density at radius 3 is 2.94 bits per heavy atom. The number of hydrogen-bond donors (Lipinski definition) is 1. The Morgan fingerprint density at radius 2 is 2.18 bits per heavy atom. The lowest BCUT2D eigenvalue weighted by Crippen LogP contribution is -2.04. The molecule has 0 fully saturated rings. The fourth-order valence-electron chi connectivity index (χ4n) is 1.45. The van der Waals surface area contributed by atoms with E-state index in [1.54, 1.807) is 11.3 Å². The minimum Gasteiger partial charge on any atom is -0.354 e. The van der Waals surface area contributed by atoms with Crippen LogP contribution in [-0.2, 0) is 0 Å². The van der Waals surface area contributed by atoms with Crippen LogP contribution in [0.15, 0.2) is 16.5 Å². The van der Waals surface area contributed by atoms with Crippen LogP contribution in [0.4, 0.5) is 5.95 Å². The zero-order valence-electron chi connectivity index (χ0n) is 10.2. The molecule has 0 aliphatic carbocycles. The van der Waals surface area contributed by atoms with Crippen LogP contribution in [0.1, 0.15) is 26.7 Å². The molecule has 0 amide bonds. The molecule has 0 spiro atoms. The van der Waals surface area contributed by atoms with Gasteiger partial charge in [0.15, 0.2) is 0 Å². The first-order valence-electron chi connectivity index (χ1n) is 5.97. The van der Waals surface area contributed by atoms with Crippen molar-refractivity contribution in [1.29, 1.82) is 0 Å². The molecule has 1 N–H and O–H groups in total. The van der Waals surface area contributed by atoms with Crippen LogP contribution in [-0.4, -0.2) is 22.3 Å². The molecule has 0 saturated heterocycles. The summed E-state index contributed by atoms with van der Waals surface area (Å²) in [6.45, 7) is 5.26. The lowest BCUT2D eigenvalue weighted by Gasteiger charge is -2.06. The van der Waals surface area contributed by atoms with Crippen LogP contribution in [0.2, 0.25) is 0 Å². The lowest BCUT2D eigenvalue weighted by atomic mass is 10.4. The van der Waals surface area contributed by atoms with Crippen LogP contribution in [0, 0.1) is 0 Å². The fraction of sp³-hybridized carbons (Fsp3) is 0.500. The van der Waals surface area contributed by atoms with Crippen LogP contribution in [0.5, 0.6) is 0 Å². The predicted octanol–water partition coefficient (Wildman–Crippen LogP) is 4.02. The van der Waals surface area contributed by atoms with Gasteiger partial charge in [-0.25, -0.2) is 9.97 Å². The maximum atomic E-state index is 4.60. The smallest absolute Gasteiger partial charge is 0.225 e. The van der Waals surface area contributed by atoms with E-state index in [1.807, 2.05) is 11.8 Å². The van der Waals surface area contributed by atoms with Crippen LogP contribution < -0.4 is 5.32 Å². The van der Waals surface area contributed by atoms with Crippen molar-refractivity contribution in [3.63, 3.8) is 0 Å². The molecule has 0 radical (unpaired) electrons. The molecule has 17 heavy (non-hydrogen) atoms. The average Bonchev–Trinajstić information content (AvgIpc) is 2.81. The van der Waals surface area contributed by atoms with Crippen LogP contribution in [0.25, 0.3) is 10.2 Å². The van der Waals surface area contributed by atoms with E-state index in [9.17, 15) is 0 Å². The number of thiophene rings is 1. The summed E-state index contributed by atoms with van der Waals surface area (Å²) in [4.78, 5) is 10.2. The van der Waals surface area contributed by atoms with Gasteiger partial charge in [-0.3, -0.25) is 0 Å². The summed E-state index contributed by atoms with van der Waals surface area (Å²) in [6, 6.07) is 2.11. The zero-order valence-corrected chi connectivity index (χ0v) is 11.8. The summed E-state index contributed by atoms with van der Waals surface area (Å²) in [5.41, 5.74) is 0. The summed E-state index contributed by atoms with van der Waals surface area (Å²) in [6.07, 6.45) is 2.25. The summed E-state index contributed by atoms with van der Waals surface area (Å²) in [5, 5.41) is 7.64. The molecular weight excluding hydrogens is 250 g/mol. The normalized spacial score (nSPS) is 10.9. The van der Waals surface area contributed by atoms with Gasteiger partial charge in [-0.05, 0) is 30.0 Å². The van der Waals surface area contributed by atoms with Gasteiger partial charge in [0.1, 0.15) is 9.86 Å². The average molecular weight is 267 g/mol. The third-order valence-corrected chi connectivity index (χ3v) is 4.27. The Morgan fingerprint density at radius 1 is 1.29 bits per heavy atom. The van der Waals surface area contributed by atoms with Crippen molar-refractivity contribution >= 4 is 39.3 Å². The third kappa shape index (κ3) is 3.10. The molecule has 3 nitrogen and oxygen atoms in total. The molecular formula is C12H17N3S2. The van der Waals surface area contributed by atoms with Crippen molar-refractivity contribution in [3.05, 3.63) is 11.4 Å². The van der Waals surface area contributed by atoms with E-state index in [0.29, 0.717) is 0 Å². The van der Waals surface area contributed by atoms with Gasteiger partial charge in [0, 0.05) is 11.9 Å². The van der Waals surface area contributed by atoms with E-state index >= 15 is 0 Å². The number of rotatable bonds is 6. The number of anilines is 1. The van der Waals surface area contributed by atoms with E-state index in [1.165, 1.54) is 5.39 Å². The first kappa shape index (κ1) is 12.6. The molecule has 5 heteroatoms. The highest BCUT2D eigenvalue weighted by Gasteiger charge is 2.08. The number of nitrogens with zero attached hydrogens (tertiary/aromatic N) is 2. The monoisotopic (exact) mass is 267 g/mol.